The van der Waals surface area contributed by atoms with Crippen LogP contribution in [-0.2, 0) is 9.47 Å². The summed E-state index contributed by atoms with van der Waals surface area (Å²) in [4.78, 5) is 25.2. The van der Waals surface area contributed by atoms with Gasteiger partial charge in [0, 0.05) is 0 Å². The first-order chi connectivity index (χ1) is 11.1. The number of carbonyl (C=O) groups excluding carboxylic acids is 2. The normalized spacial score (nSPS) is 11.1. The second kappa shape index (κ2) is 8.32. The lowest BCUT2D eigenvalue weighted by atomic mass is 9.89. The van der Waals surface area contributed by atoms with Crippen LogP contribution < -0.4 is 0 Å². The molecule has 0 aliphatic rings. The summed E-state index contributed by atoms with van der Waals surface area (Å²) < 4.78 is 10.8. The van der Waals surface area contributed by atoms with Crippen LogP contribution in [0.25, 0.3) is 0 Å². The number of rotatable bonds is 6. The monoisotopic (exact) mass is 334 g/mol. The summed E-state index contributed by atoms with van der Waals surface area (Å²) in [6.07, 6.45) is 0. The highest BCUT2D eigenvalue weighted by Crippen LogP contribution is 2.28. The van der Waals surface area contributed by atoms with Crippen molar-refractivity contribution in [3.05, 3.63) is 33.4 Å². The fourth-order valence-electron chi connectivity index (χ4n) is 2.45. The van der Waals surface area contributed by atoms with Gasteiger partial charge in [-0.3, -0.25) is 0 Å². The molecule has 0 fully saturated rings. The average Bonchev–Trinajstić information content (AvgIpc) is 2.51. The summed E-state index contributed by atoms with van der Waals surface area (Å²) in [5.41, 5.74) is 4.25. The molecule has 0 atom stereocenters. The van der Waals surface area contributed by atoms with Crippen LogP contribution in [0.15, 0.2) is 0 Å². The van der Waals surface area contributed by atoms with Gasteiger partial charge in [0.05, 0.1) is 24.3 Å². The Labute approximate surface area is 145 Å². The molecule has 0 unspecified atom stereocenters. The van der Waals surface area contributed by atoms with E-state index in [1.54, 1.807) is 0 Å². The zero-order valence-corrected chi connectivity index (χ0v) is 16.2. The molecule has 0 aliphatic heterocycles. The van der Waals surface area contributed by atoms with Gasteiger partial charge in [-0.05, 0) is 61.8 Å². The van der Waals surface area contributed by atoms with Crippen molar-refractivity contribution in [1.29, 1.82) is 0 Å². The topological polar surface area (TPSA) is 52.6 Å². The Bertz CT molecular complexity index is 572. The number of ether oxygens (including phenoxy) is 2. The van der Waals surface area contributed by atoms with E-state index in [-0.39, 0.29) is 11.8 Å². The first kappa shape index (κ1) is 20.2. The van der Waals surface area contributed by atoms with Gasteiger partial charge in [-0.15, -0.1) is 0 Å². The van der Waals surface area contributed by atoms with Crippen molar-refractivity contribution in [1.82, 2.24) is 0 Å². The minimum atomic E-state index is -0.455. The predicted octanol–water partition coefficient (Wildman–Crippen LogP) is 4.55. The second-order valence-corrected chi connectivity index (χ2v) is 7.23. The van der Waals surface area contributed by atoms with E-state index in [2.05, 4.69) is 0 Å². The van der Waals surface area contributed by atoms with Crippen molar-refractivity contribution < 1.29 is 19.1 Å². The fourth-order valence-corrected chi connectivity index (χ4v) is 2.45. The van der Waals surface area contributed by atoms with Crippen LogP contribution in [0.4, 0.5) is 0 Å². The first-order valence-corrected chi connectivity index (χ1v) is 8.52. The quantitative estimate of drug-likeness (QED) is 0.716. The van der Waals surface area contributed by atoms with Gasteiger partial charge >= 0.3 is 11.9 Å². The summed E-state index contributed by atoms with van der Waals surface area (Å²) in [6, 6.07) is 0. The van der Waals surface area contributed by atoms with Gasteiger partial charge in [-0.25, -0.2) is 9.59 Å². The van der Waals surface area contributed by atoms with E-state index in [0.29, 0.717) is 24.3 Å². The van der Waals surface area contributed by atoms with E-state index >= 15 is 0 Å². The molecule has 4 nitrogen and oxygen atoms in total. The predicted molar refractivity (Wildman–Crippen MR) is 95.6 cm³/mol. The summed E-state index contributed by atoms with van der Waals surface area (Å²) in [7, 11) is 0. The molecule has 4 heteroatoms. The van der Waals surface area contributed by atoms with Crippen LogP contribution >= 0.6 is 0 Å². The van der Waals surface area contributed by atoms with Crippen LogP contribution in [-0.4, -0.2) is 25.2 Å². The maximum Gasteiger partial charge on any atom is 0.339 e. The highest BCUT2D eigenvalue weighted by molar-refractivity contribution is 6.05. The summed E-state index contributed by atoms with van der Waals surface area (Å²) >= 11 is 0. The lowest BCUT2D eigenvalue weighted by Crippen LogP contribution is -2.21. The van der Waals surface area contributed by atoms with Crippen molar-refractivity contribution in [2.24, 2.45) is 11.8 Å². The third kappa shape index (κ3) is 4.59. The Kier molecular flexibility index (Phi) is 7.00. The zero-order chi connectivity index (χ0) is 18.6. The molecular weight excluding hydrogens is 304 g/mol. The van der Waals surface area contributed by atoms with Crippen LogP contribution in [0, 0.1) is 39.5 Å². The Morgan fingerprint density at radius 3 is 1.21 bits per heavy atom. The summed E-state index contributed by atoms with van der Waals surface area (Å²) in [5, 5.41) is 0. The van der Waals surface area contributed by atoms with E-state index in [0.717, 1.165) is 22.3 Å². The number of carbonyl (C=O) groups is 2. The number of esters is 2. The SMILES string of the molecule is Cc1c(C)c(C)c(C(=O)OCC(C)C)c(C(=O)OCC(C)C)c1C. The third-order valence-electron chi connectivity index (χ3n) is 4.19. The fraction of sp³-hybridized carbons (Fsp3) is 0.600. The highest BCUT2D eigenvalue weighted by Gasteiger charge is 2.27. The van der Waals surface area contributed by atoms with Crippen molar-refractivity contribution >= 4 is 11.9 Å². The van der Waals surface area contributed by atoms with Gasteiger partial charge in [-0.1, -0.05) is 27.7 Å². The van der Waals surface area contributed by atoms with E-state index in [1.165, 1.54) is 0 Å². The molecule has 0 aromatic heterocycles. The molecule has 1 aromatic carbocycles. The minimum Gasteiger partial charge on any atom is -0.462 e. The van der Waals surface area contributed by atoms with Gasteiger partial charge in [0.15, 0.2) is 0 Å². The first-order valence-electron chi connectivity index (χ1n) is 8.52. The minimum absolute atomic E-state index is 0.234. The van der Waals surface area contributed by atoms with Crippen LogP contribution in [0.2, 0.25) is 0 Å². The summed E-state index contributed by atoms with van der Waals surface area (Å²) in [5.74, 6) is -0.440. The number of hydrogen-bond donors (Lipinski definition) is 0. The lowest BCUT2D eigenvalue weighted by molar-refractivity contribution is 0.0410. The molecule has 0 spiro atoms. The maximum atomic E-state index is 12.6. The van der Waals surface area contributed by atoms with Gasteiger partial charge in [0.25, 0.3) is 0 Å². The molecule has 0 aliphatic carbocycles. The van der Waals surface area contributed by atoms with E-state index in [4.69, 9.17) is 9.47 Å². The molecule has 0 heterocycles. The molecule has 134 valence electrons. The van der Waals surface area contributed by atoms with Gasteiger partial charge in [-0.2, -0.15) is 0 Å². The Morgan fingerprint density at radius 2 is 0.958 bits per heavy atom. The van der Waals surface area contributed by atoms with Crippen molar-refractivity contribution in [3.63, 3.8) is 0 Å². The molecule has 0 saturated heterocycles. The third-order valence-corrected chi connectivity index (χ3v) is 4.19. The zero-order valence-electron chi connectivity index (χ0n) is 16.2. The van der Waals surface area contributed by atoms with Crippen LogP contribution in [0.1, 0.15) is 70.7 Å². The molecule has 1 aromatic rings. The second-order valence-electron chi connectivity index (χ2n) is 7.23. The van der Waals surface area contributed by atoms with E-state index in [9.17, 15) is 9.59 Å². The molecule has 0 bridgehead atoms. The molecule has 0 radical (unpaired) electrons. The molecule has 0 amide bonds. The van der Waals surface area contributed by atoms with Gasteiger partial charge in [0.2, 0.25) is 0 Å². The van der Waals surface area contributed by atoms with E-state index in [1.807, 2.05) is 55.4 Å². The summed E-state index contributed by atoms with van der Waals surface area (Å²) in [6.45, 7) is 16.2. The molecular formula is C20H30O4. The van der Waals surface area contributed by atoms with Crippen LogP contribution in [0.5, 0.6) is 0 Å². The standard InChI is InChI=1S/C20H30O4/c1-11(2)9-23-19(21)17-15(7)13(5)14(6)16(8)18(17)20(22)24-10-12(3)4/h11-12H,9-10H2,1-8H3. The van der Waals surface area contributed by atoms with Crippen molar-refractivity contribution in [2.45, 2.75) is 55.4 Å². The average molecular weight is 334 g/mol. The Balaban J connectivity index is 3.38. The molecule has 0 saturated carbocycles. The number of hydrogen-bond acceptors (Lipinski definition) is 4. The van der Waals surface area contributed by atoms with Crippen molar-refractivity contribution in [3.8, 4) is 0 Å². The van der Waals surface area contributed by atoms with Crippen LogP contribution in [0.3, 0.4) is 0 Å². The van der Waals surface area contributed by atoms with Gasteiger partial charge in [0.1, 0.15) is 0 Å². The molecule has 0 N–H and O–H groups in total. The lowest BCUT2D eigenvalue weighted by Gasteiger charge is -2.20. The Morgan fingerprint density at radius 1 is 0.667 bits per heavy atom. The van der Waals surface area contributed by atoms with E-state index < -0.39 is 11.9 Å². The smallest absolute Gasteiger partial charge is 0.339 e. The number of benzene rings is 1. The largest absolute Gasteiger partial charge is 0.462 e. The molecule has 24 heavy (non-hydrogen) atoms. The highest BCUT2D eigenvalue weighted by atomic mass is 16.5. The maximum absolute atomic E-state index is 12.6. The Hall–Kier alpha value is -1.84. The van der Waals surface area contributed by atoms with Gasteiger partial charge < -0.3 is 9.47 Å². The van der Waals surface area contributed by atoms with Crippen molar-refractivity contribution in [2.75, 3.05) is 13.2 Å². The molecule has 1 rings (SSSR count).